The molecular formula is C17H23ClN2O3S. The van der Waals surface area contributed by atoms with Gasteiger partial charge in [0.2, 0.25) is 10.0 Å². The van der Waals surface area contributed by atoms with E-state index < -0.39 is 10.0 Å². The molecule has 1 N–H and O–H groups in total. The van der Waals surface area contributed by atoms with Gasteiger partial charge in [0, 0.05) is 43.0 Å². The van der Waals surface area contributed by atoms with Crippen molar-refractivity contribution in [3.63, 3.8) is 0 Å². The van der Waals surface area contributed by atoms with Crippen molar-refractivity contribution in [2.24, 2.45) is 11.8 Å². The monoisotopic (exact) mass is 370 g/mol. The summed E-state index contributed by atoms with van der Waals surface area (Å²) in [5.74, 6) is 0.696. The second kappa shape index (κ2) is 5.95. The van der Waals surface area contributed by atoms with Crippen LogP contribution in [0.4, 0.5) is 0 Å². The molecule has 7 heteroatoms. The predicted octanol–water partition coefficient (Wildman–Crippen LogP) is 1.87. The zero-order chi connectivity index (χ0) is 16.9. The number of likely N-dealkylation sites (tertiary alicyclic amines) is 1. The minimum absolute atomic E-state index is 0.0685. The summed E-state index contributed by atoms with van der Waals surface area (Å²) in [5.41, 5.74) is 1.18. The van der Waals surface area contributed by atoms with E-state index in [-0.39, 0.29) is 17.6 Å². The SMILES string of the molecule is CS(=O)(=O)NC[C@H]1[C@H]2CN(Cc3ccc(Cl)cc3)C[C@]23CC[C@H]1O3. The zero-order valence-corrected chi connectivity index (χ0v) is 15.3. The van der Waals surface area contributed by atoms with Crippen molar-refractivity contribution in [1.29, 1.82) is 0 Å². The minimum Gasteiger partial charge on any atom is -0.370 e. The normalized spacial score (nSPS) is 35.5. The van der Waals surface area contributed by atoms with Gasteiger partial charge in [0.15, 0.2) is 0 Å². The number of halogens is 1. The van der Waals surface area contributed by atoms with E-state index in [0.717, 1.165) is 37.5 Å². The highest BCUT2D eigenvalue weighted by molar-refractivity contribution is 7.88. The van der Waals surface area contributed by atoms with E-state index in [4.69, 9.17) is 16.3 Å². The van der Waals surface area contributed by atoms with Crippen molar-refractivity contribution < 1.29 is 13.2 Å². The standard InChI is InChI=1S/C17H23ClN2O3S/c1-24(21,22)19-8-14-15-10-20(9-12-2-4-13(18)5-3-12)11-17(15)7-6-16(14)23-17/h2-5,14-16,19H,6-11H2,1H3/t14-,15+,16+,17+/m0/s1. The molecule has 1 spiro atoms. The molecular weight excluding hydrogens is 348 g/mol. The lowest BCUT2D eigenvalue weighted by Gasteiger charge is -2.29. The molecule has 0 amide bonds. The van der Waals surface area contributed by atoms with Gasteiger partial charge in [0.05, 0.1) is 18.0 Å². The van der Waals surface area contributed by atoms with Crippen LogP contribution in [-0.4, -0.2) is 50.9 Å². The van der Waals surface area contributed by atoms with Gasteiger partial charge in [-0.3, -0.25) is 4.90 Å². The summed E-state index contributed by atoms with van der Waals surface area (Å²) in [7, 11) is -3.16. The molecule has 0 unspecified atom stereocenters. The van der Waals surface area contributed by atoms with Crippen molar-refractivity contribution in [3.8, 4) is 0 Å². The van der Waals surface area contributed by atoms with Crippen LogP contribution in [0.2, 0.25) is 5.02 Å². The van der Waals surface area contributed by atoms with Crippen LogP contribution in [0.5, 0.6) is 0 Å². The Bertz CT molecular complexity index is 724. The lowest BCUT2D eigenvalue weighted by Crippen LogP contribution is -2.41. The molecule has 1 aromatic carbocycles. The molecule has 0 saturated carbocycles. The number of hydrogen-bond acceptors (Lipinski definition) is 4. The third-order valence-corrected chi connectivity index (χ3v) is 6.70. The number of sulfonamides is 1. The topological polar surface area (TPSA) is 58.6 Å². The third-order valence-electron chi connectivity index (χ3n) is 5.76. The molecule has 4 rings (SSSR count). The molecule has 1 aromatic rings. The minimum atomic E-state index is -3.16. The van der Waals surface area contributed by atoms with Crippen molar-refractivity contribution in [2.45, 2.75) is 31.1 Å². The number of benzene rings is 1. The van der Waals surface area contributed by atoms with Crippen LogP contribution in [0.25, 0.3) is 0 Å². The average Bonchev–Trinajstić information content (AvgIpc) is 3.14. The number of hydrogen-bond donors (Lipinski definition) is 1. The van der Waals surface area contributed by atoms with Crippen LogP contribution in [0.1, 0.15) is 18.4 Å². The first-order valence-electron chi connectivity index (χ1n) is 8.44. The average molecular weight is 371 g/mol. The Labute approximate surface area is 148 Å². The van der Waals surface area contributed by atoms with Crippen molar-refractivity contribution in [3.05, 3.63) is 34.9 Å². The number of nitrogens with zero attached hydrogens (tertiary/aromatic N) is 1. The molecule has 0 aliphatic carbocycles. The Kier molecular flexibility index (Phi) is 4.16. The van der Waals surface area contributed by atoms with Gasteiger partial charge in [0.1, 0.15) is 0 Å². The number of nitrogens with one attached hydrogen (secondary N) is 1. The third kappa shape index (κ3) is 3.10. The molecule has 3 heterocycles. The quantitative estimate of drug-likeness (QED) is 0.859. The molecule has 5 nitrogen and oxygen atoms in total. The first kappa shape index (κ1) is 16.8. The van der Waals surface area contributed by atoms with E-state index in [1.165, 1.54) is 11.8 Å². The molecule has 2 bridgehead atoms. The van der Waals surface area contributed by atoms with Crippen LogP contribution in [0.15, 0.2) is 24.3 Å². The Hall–Kier alpha value is -0.660. The smallest absolute Gasteiger partial charge is 0.208 e. The van der Waals surface area contributed by atoms with Gasteiger partial charge in [-0.2, -0.15) is 0 Å². The number of ether oxygens (including phenoxy) is 1. The maximum absolute atomic E-state index is 11.4. The summed E-state index contributed by atoms with van der Waals surface area (Å²) >= 11 is 5.96. The molecule has 24 heavy (non-hydrogen) atoms. The summed E-state index contributed by atoms with van der Waals surface area (Å²) < 4.78 is 31.9. The van der Waals surface area contributed by atoms with E-state index in [9.17, 15) is 8.42 Å². The number of fused-ring (bicyclic) bond motifs is 1. The largest absolute Gasteiger partial charge is 0.370 e. The van der Waals surface area contributed by atoms with Gasteiger partial charge in [0.25, 0.3) is 0 Å². The molecule has 3 aliphatic rings. The van der Waals surface area contributed by atoms with Crippen LogP contribution < -0.4 is 4.72 Å². The second-order valence-corrected chi connectivity index (χ2v) is 9.72. The molecule has 0 aromatic heterocycles. The highest BCUT2D eigenvalue weighted by Gasteiger charge is 2.62. The van der Waals surface area contributed by atoms with Crippen molar-refractivity contribution in [1.82, 2.24) is 9.62 Å². The molecule has 3 fully saturated rings. The first-order chi connectivity index (χ1) is 11.3. The molecule has 3 saturated heterocycles. The van der Waals surface area contributed by atoms with Gasteiger partial charge in [-0.15, -0.1) is 0 Å². The van der Waals surface area contributed by atoms with Gasteiger partial charge < -0.3 is 4.74 Å². The summed E-state index contributed by atoms with van der Waals surface area (Å²) in [4.78, 5) is 2.43. The maximum Gasteiger partial charge on any atom is 0.208 e. The summed E-state index contributed by atoms with van der Waals surface area (Å²) in [6, 6.07) is 7.98. The van der Waals surface area contributed by atoms with Gasteiger partial charge in [-0.25, -0.2) is 13.1 Å². The fourth-order valence-electron chi connectivity index (χ4n) is 4.78. The van der Waals surface area contributed by atoms with E-state index in [1.54, 1.807) is 0 Å². The summed E-state index contributed by atoms with van der Waals surface area (Å²) in [5, 5.41) is 0.754. The maximum atomic E-state index is 11.4. The first-order valence-corrected chi connectivity index (χ1v) is 10.7. The lowest BCUT2D eigenvalue weighted by atomic mass is 9.74. The molecule has 3 aliphatic heterocycles. The Morgan fingerprint density at radius 3 is 2.83 bits per heavy atom. The van der Waals surface area contributed by atoms with E-state index in [2.05, 4.69) is 21.8 Å². The Morgan fingerprint density at radius 1 is 1.38 bits per heavy atom. The second-order valence-electron chi connectivity index (χ2n) is 7.45. The van der Waals surface area contributed by atoms with Gasteiger partial charge in [-0.05, 0) is 30.5 Å². The highest BCUT2D eigenvalue weighted by atomic mass is 35.5. The van der Waals surface area contributed by atoms with Crippen LogP contribution in [0.3, 0.4) is 0 Å². The van der Waals surface area contributed by atoms with Crippen LogP contribution >= 0.6 is 11.6 Å². The van der Waals surface area contributed by atoms with Gasteiger partial charge >= 0.3 is 0 Å². The molecule has 0 radical (unpaired) electrons. The van der Waals surface area contributed by atoms with E-state index in [1.807, 2.05) is 12.1 Å². The van der Waals surface area contributed by atoms with E-state index in [0.29, 0.717) is 12.5 Å². The van der Waals surface area contributed by atoms with E-state index >= 15 is 0 Å². The Balaban J connectivity index is 1.45. The fourth-order valence-corrected chi connectivity index (χ4v) is 5.40. The lowest BCUT2D eigenvalue weighted by molar-refractivity contribution is 0.00220. The highest BCUT2D eigenvalue weighted by Crippen LogP contribution is 2.54. The molecule has 4 atom stereocenters. The Morgan fingerprint density at radius 2 is 2.12 bits per heavy atom. The van der Waals surface area contributed by atoms with Crippen LogP contribution in [-0.2, 0) is 21.3 Å². The van der Waals surface area contributed by atoms with Crippen LogP contribution in [0, 0.1) is 11.8 Å². The molecule has 132 valence electrons. The van der Waals surface area contributed by atoms with Crippen molar-refractivity contribution >= 4 is 21.6 Å². The fraction of sp³-hybridized carbons (Fsp3) is 0.647. The summed E-state index contributed by atoms with van der Waals surface area (Å²) in [6.45, 7) is 3.28. The van der Waals surface area contributed by atoms with Gasteiger partial charge in [-0.1, -0.05) is 23.7 Å². The predicted molar refractivity (Wildman–Crippen MR) is 93.4 cm³/mol. The van der Waals surface area contributed by atoms with Crippen molar-refractivity contribution in [2.75, 3.05) is 25.9 Å². The number of rotatable bonds is 5. The zero-order valence-electron chi connectivity index (χ0n) is 13.7. The summed E-state index contributed by atoms with van der Waals surface area (Å²) in [6.07, 6.45) is 3.57.